The van der Waals surface area contributed by atoms with Crippen molar-refractivity contribution < 1.29 is 0 Å². The monoisotopic (exact) mass is 182 g/mol. The average Bonchev–Trinajstić information content (AvgIpc) is 2.17. The molecule has 0 aromatic heterocycles. The van der Waals surface area contributed by atoms with Gasteiger partial charge in [0, 0.05) is 25.2 Å². The average molecular weight is 182 g/mol. The second-order valence-electron chi connectivity index (χ2n) is 4.58. The van der Waals surface area contributed by atoms with Crippen LogP contribution in [0.5, 0.6) is 0 Å². The molecule has 76 valence electrons. The van der Waals surface area contributed by atoms with E-state index in [9.17, 15) is 0 Å². The summed E-state index contributed by atoms with van der Waals surface area (Å²) in [5.74, 6) is 0. The lowest BCUT2D eigenvalue weighted by molar-refractivity contribution is 0.0183. The third-order valence-electron chi connectivity index (χ3n) is 3.72. The van der Waals surface area contributed by atoms with Gasteiger partial charge in [-0.3, -0.25) is 9.80 Å². The zero-order chi connectivity index (χ0) is 9.26. The molecule has 0 spiro atoms. The normalized spacial score (nSPS) is 37.4. The Hall–Kier alpha value is -0.0800. The molecular formula is C11H22N2. The summed E-state index contributed by atoms with van der Waals surface area (Å²) in [4.78, 5) is 5.34. The number of likely N-dealkylation sites (N-methyl/N-ethyl adjacent to an activating group) is 1. The number of hydrogen-bond acceptors (Lipinski definition) is 2. The van der Waals surface area contributed by atoms with Crippen LogP contribution in [-0.4, -0.2) is 48.1 Å². The van der Waals surface area contributed by atoms with E-state index in [-0.39, 0.29) is 0 Å². The van der Waals surface area contributed by atoms with Gasteiger partial charge in [0.1, 0.15) is 0 Å². The van der Waals surface area contributed by atoms with Gasteiger partial charge in [0.05, 0.1) is 0 Å². The van der Waals surface area contributed by atoms with Crippen LogP contribution >= 0.6 is 0 Å². The van der Waals surface area contributed by atoms with Crippen LogP contribution in [-0.2, 0) is 0 Å². The predicted octanol–water partition coefficient (Wildman–Crippen LogP) is 1.56. The second-order valence-corrected chi connectivity index (χ2v) is 4.58. The summed E-state index contributed by atoms with van der Waals surface area (Å²) < 4.78 is 0. The van der Waals surface area contributed by atoms with Gasteiger partial charge in [-0.2, -0.15) is 0 Å². The Balaban J connectivity index is 1.97. The molecule has 2 aliphatic heterocycles. The highest BCUT2D eigenvalue weighted by Gasteiger charge is 2.31. The van der Waals surface area contributed by atoms with Crippen molar-refractivity contribution in [3.63, 3.8) is 0 Å². The molecule has 0 aromatic carbocycles. The van der Waals surface area contributed by atoms with Crippen LogP contribution in [0, 0.1) is 0 Å². The first-order valence-electron chi connectivity index (χ1n) is 5.79. The van der Waals surface area contributed by atoms with E-state index in [1.54, 1.807) is 0 Å². The second kappa shape index (κ2) is 3.97. The van der Waals surface area contributed by atoms with E-state index in [0.717, 1.165) is 12.1 Å². The summed E-state index contributed by atoms with van der Waals surface area (Å²) in [5.41, 5.74) is 0. The molecule has 13 heavy (non-hydrogen) atoms. The Morgan fingerprint density at radius 2 is 2.08 bits per heavy atom. The lowest BCUT2D eigenvalue weighted by Crippen LogP contribution is -2.58. The molecule has 2 heteroatoms. The Morgan fingerprint density at radius 3 is 2.85 bits per heavy atom. The molecule has 0 radical (unpaired) electrons. The Labute approximate surface area is 81.9 Å². The third kappa shape index (κ3) is 1.89. The third-order valence-corrected chi connectivity index (χ3v) is 3.72. The van der Waals surface area contributed by atoms with Crippen LogP contribution in [0.2, 0.25) is 0 Å². The molecule has 2 rings (SSSR count). The largest absolute Gasteiger partial charge is 0.298 e. The minimum absolute atomic E-state index is 0.777. The first-order chi connectivity index (χ1) is 6.31. The van der Waals surface area contributed by atoms with Crippen molar-refractivity contribution in [3.05, 3.63) is 0 Å². The summed E-state index contributed by atoms with van der Waals surface area (Å²) in [5, 5.41) is 0. The van der Waals surface area contributed by atoms with E-state index in [2.05, 4.69) is 23.6 Å². The standard InChI is InChI=1S/C11H22N2/c1-3-12-9-11-6-4-5-7-13(11)8-10(12)2/h10-11H,3-9H2,1-2H3. The van der Waals surface area contributed by atoms with E-state index in [0.29, 0.717) is 0 Å². The fourth-order valence-electron chi connectivity index (χ4n) is 2.85. The fourth-order valence-corrected chi connectivity index (χ4v) is 2.85. The molecule has 0 aliphatic carbocycles. The molecule has 2 unspecified atom stereocenters. The Bertz CT molecular complexity index is 169. The van der Waals surface area contributed by atoms with Crippen molar-refractivity contribution in [2.75, 3.05) is 26.2 Å². The number of hydrogen-bond donors (Lipinski definition) is 0. The van der Waals surface area contributed by atoms with Crippen LogP contribution in [0.3, 0.4) is 0 Å². The van der Waals surface area contributed by atoms with E-state index >= 15 is 0 Å². The fraction of sp³-hybridized carbons (Fsp3) is 1.00. The van der Waals surface area contributed by atoms with Crippen LogP contribution in [0.4, 0.5) is 0 Å². The van der Waals surface area contributed by atoms with Gasteiger partial charge < -0.3 is 0 Å². The minimum Gasteiger partial charge on any atom is -0.298 e. The van der Waals surface area contributed by atoms with Gasteiger partial charge >= 0.3 is 0 Å². The highest BCUT2D eigenvalue weighted by atomic mass is 15.3. The van der Waals surface area contributed by atoms with Gasteiger partial charge in [-0.25, -0.2) is 0 Å². The molecule has 2 atom stereocenters. The Morgan fingerprint density at radius 1 is 1.23 bits per heavy atom. The molecule has 0 amide bonds. The quantitative estimate of drug-likeness (QED) is 0.607. The van der Waals surface area contributed by atoms with Crippen LogP contribution < -0.4 is 0 Å². The Kier molecular flexibility index (Phi) is 2.89. The summed E-state index contributed by atoms with van der Waals surface area (Å²) in [7, 11) is 0. The van der Waals surface area contributed by atoms with Crippen LogP contribution in [0.15, 0.2) is 0 Å². The molecule has 0 bridgehead atoms. The molecule has 0 saturated carbocycles. The maximum Gasteiger partial charge on any atom is 0.0223 e. The highest BCUT2D eigenvalue weighted by molar-refractivity contribution is 4.88. The van der Waals surface area contributed by atoms with Crippen molar-refractivity contribution in [2.45, 2.75) is 45.2 Å². The van der Waals surface area contributed by atoms with Crippen molar-refractivity contribution in [2.24, 2.45) is 0 Å². The molecular weight excluding hydrogens is 160 g/mol. The first kappa shape index (κ1) is 9.47. The minimum atomic E-state index is 0.777. The molecule has 0 N–H and O–H groups in total. The van der Waals surface area contributed by atoms with Gasteiger partial charge in [0.2, 0.25) is 0 Å². The zero-order valence-electron chi connectivity index (χ0n) is 9.00. The number of rotatable bonds is 1. The molecule has 2 aliphatic rings. The van der Waals surface area contributed by atoms with E-state index in [1.807, 2.05) is 0 Å². The number of piperazine rings is 1. The van der Waals surface area contributed by atoms with Crippen molar-refractivity contribution in [1.29, 1.82) is 0 Å². The van der Waals surface area contributed by atoms with E-state index < -0.39 is 0 Å². The van der Waals surface area contributed by atoms with Crippen LogP contribution in [0.25, 0.3) is 0 Å². The summed E-state index contributed by atoms with van der Waals surface area (Å²) in [6, 6.07) is 1.66. The summed E-state index contributed by atoms with van der Waals surface area (Å²) in [6.07, 6.45) is 4.31. The topological polar surface area (TPSA) is 6.48 Å². The maximum atomic E-state index is 2.71. The van der Waals surface area contributed by atoms with Gasteiger partial charge in [0.25, 0.3) is 0 Å². The number of piperidine rings is 1. The van der Waals surface area contributed by atoms with Crippen molar-refractivity contribution >= 4 is 0 Å². The van der Waals surface area contributed by atoms with Gasteiger partial charge in [-0.05, 0) is 32.9 Å². The summed E-state index contributed by atoms with van der Waals surface area (Å²) >= 11 is 0. The molecule has 2 saturated heterocycles. The van der Waals surface area contributed by atoms with Crippen molar-refractivity contribution in [3.8, 4) is 0 Å². The van der Waals surface area contributed by atoms with Gasteiger partial charge in [-0.1, -0.05) is 13.3 Å². The molecule has 2 nitrogen and oxygen atoms in total. The molecule has 2 fully saturated rings. The maximum absolute atomic E-state index is 2.71. The van der Waals surface area contributed by atoms with Crippen LogP contribution in [0.1, 0.15) is 33.1 Å². The lowest BCUT2D eigenvalue weighted by atomic mass is 9.97. The number of fused-ring (bicyclic) bond motifs is 1. The molecule has 0 aromatic rings. The van der Waals surface area contributed by atoms with Gasteiger partial charge in [-0.15, -0.1) is 0 Å². The van der Waals surface area contributed by atoms with E-state index in [1.165, 1.54) is 45.4 Å². The van der Waals surface area contributed by atoms with Gasteiger partial charge in [0.15, 0.2) is 0 Å². The SMILES string of the molecule is CCN1CC2CCCCN2CC1C. The molecule has 2 heterocycles. The predicted molar refractivity (Wildman–Crippen MR) is 55.9 cm³/mol. The smallest absolute Gasteiger partial charge is 0.0223 e. The zero-order valence-corrected chi connectivity index (χ0v) is 9.00. The summed E-state index contributed by atoms with van der Waals surface area (Å²) in [6.45, 7) is 9.86. The van der Waals surface area contributed by atoms with Crippen molar-refractivity contribution in [1.82, 2.24) is 9.80 Å². The van der Waals surface area contributed by atoms with E-state index in [4.69, 9.17) is 0 Å². The lowest BCUT2D eigenvalue weighted by Gasteiger charge is -2.47. The highest BCUT2D eigenvalue weighted by Crippen LogP contribution is 2.23. The first-order valence-corrected chi connectivity index (χ1v) is 5.79. The number of nitrogens with zero attached hydrogens (tertiary/aromatic N) is 2.